The molecule has 5 heterocycles. The van der Waals surface area contributed by atoms with Crippen molar-refractivity contribution in [2.24, 2.45) is 10.9 Å². The molecule has 0 radical (unpaired) electrons. The minimum Gasteiger partial charge on any atom is -0.494 e. The van der Waals surface area contributed by atoms with E-state index in [-0.39, 0.29) is 47.7 Å². The van der Waals surface area contributed by atoms with Crippen molar-refractivity contribution in [2.45, 2.75) is 150 Å². The van der Waals surface area contributed by atoms with E-state index < -0.39 is 12.1 Å². The molecule has 0 saturated carbocycles. The standard InChI is InChI=1S/C70H87N5O10/c1-8-73(56-29-39-83-40-30-56)63-43-55(42-61(49(63)6)64(76)27-25-58-47(4)41-48(5)72-68(58)78)51-20-23-57(24-21-51)84-37-13-35-81-33-12-34-82-36-14-38-85-66-44-53(59-28-31-71-50(59)7)19-18-52(66)22-26-65(77)62-17-11-32-74(62)70(80)67(46(2)3)75-45-54-15-9-10-16-60(54)69(75)79/h9-10,15-16,18-21,23-24,31,41-44,46,56,62,67H,8,11-14,17,22,25-30,32-40,45H2,1-7H3,(H,72,78)/t62?,67-/m0/s1. The van der Waals surface area contributed by atoms with E-state index >= 15 is 0 Å². The molecule has 4 aliphatic heterocycles. The van der Waals surface area contributed by atoms with Crippen LogP contribution in [-0.4, -0.2) is 128 Å². The number of rotatable bonds is 30. The molecule has 1 unspecified atom stereocenters. The van der Waals surface area contributed by atoms with Gasteiger partial charge in [0.25, 0.3) is 11.5 Å². The normalized spacial score (nSPS) is 16.4. The van der Waals surface area contributed by atoms with Crippen LogP contribution in [0.2, 0.25) is 0 Å². The molecule has 2 atom stereocenters. The van der Waals surface area contributed by atoms with Crippen LogP contribution in [0.15, 0.2) is 100 Å². The molecule has 85 heavy (non-hydrogen) atoms. The molecule has 0 spiro atoms. The smallest absolute Gasteiger partial charge is 0.255 e. The number of likely N-dealkylation sites (tertiary alicyclic amines) is 1. The van der Waals surface area contributed by atoms with Gasteiger partial charge in [-0.3, -0.25) is 29.0 Å². The molecule has 1 N–H and O–H groups in total. The first-order valence-electron chi connectivity index (χ1n) is 31.0. The van der Waals surface area contributed by atoms with Crippen LogP contribution >= 0.6 is 0 Å². The Balaban J connectivity index is 0.702. The lowest BCUT2D eigenvalue weighted by atomic mass is 9.92. The maximum absolute atomic E-state index is 14.3. The van der Waals surface area contributed by atoms with Crippen LogP contribution in [0.5, 0.6) is 11.5 Å². The average molecular weight is 1160 g/mol. The van der Waals surface area contributed by atoms with Crippen LogP contribution < -0.4 is 19.9 Å². The van der Waals surface area contributed by atoms with Crippen molar-refractivity contribution in [1.82, 2.24) is 14.8 Å². The molecule has 0 bridgehead atoms. The molecule has 4 aromatic carbocycles. The monoisotopic (exact) mass is 1160 g/mol. The van der Waals surface area contributed by atoms with Gasteiger partial charge in [-0.2, -0.15) is 0 Å². The van der Waals surface area contributed by atoms with Crippen LogP contribution in [0.1, 0.15) is 152 Å². The van der Waals surface area contributed by atoms with E-state index in [1.165, 1.54) is 0 Å². The van der Waals surface area contributed by atoms with Gasteiger partial charge in [-0.15, -0.1) is 0 Å². The van der Waals surface area contributed by atoms with E-state index in [0.717, 1.165) is 131 Å². The summed E-state index contributed by atoms with van der Waals surface area (Å²) in [6.45, 7) is 20.3. The van der Waals surface area contributed by atoms with E-state index in [2.05, 4.69) is 46.1 Å². The van der Waals surface area contributed by atoms with Gasteiger partial charge < -0.3 is 43.4 Å². The number of fused-ring (bicyclic) bond motifs is 1. The summed E-state index contributed by atoms with van der Waals surface area (Å²) in [5.41, 5.74) is 12.6. The first kappa shape index (κ1) is 62.3. The Morgan fingerprint density at radius 1 is 0.776 bits per heavy atom. The number of benzene rings is 4. The molecule has 2 saturated heterocycles. The van der Waals surface area contributed by atoms with Gasteiger partial charge in [0, 0.05) is 137 Å². The summed E-state index contributed by atoms with van der Waals surface area (Å²) >= 11 is 0. The highest BCUT2D eigenvalue weighted by Gasteiger charge is 2.43. The Kier molecular flexibility index (Phi) is 21.8. The lowest BCUT2D eigenvalue weighted by molar-refractivity contribution is -0.142. The third-order valence-electron chi connectivity index (χ3n) is 17.3. The topological polar surface area (TPSA) is 169 Å². The maximum atomic E-state index is 14.3. The molecule has 15 heteroatoms. The first-order valence-corrected chi connectivity index (χ1v) is 31.0. The molecule has 0 aliphatic carbocycles. The van der Waals surface area contributed by atoms with E-state index in [1.54, 1.807) is 9.80 Å². The largest absolute Gasteiger partial charge is 0.494 e. The Labute approximate surface area is 502 Å². The number of ketones is 2. The molecule has 452 valence electrons. The summed E-state index contributed by atoms with van der Waals surface area (Å²) in [4.78, 5) is 82.1. The number of H-pyrrole nitrogens is 1. The lowest BCUT2D eigenvalue weighted by Crippen LogP contribution is -2.54. The number of nitrogens with one attached hydrogen (secondary N) is 1. The molecule has 4 aliphatic rings. The molecule has 5 aromatic rings. The van der Waals surface area contributed by atoms with Crippen molar-refractivity contribution in [2.75, 3.05) is 70.8 Å². The molecule has 9 rings (SSSR count). The van der Waals surface area contributed by atoms with Gasteiger partial charge in [-0.25, -0.2) is 0 Å². The fourth-order valence-electron chi connectivity index (χ4n) is 12.7. The molecular weight excluding hydrogens is 1070 g/mol. The average Bonchev–Trinajstić information content (AvgIpc) is 4.29. The van der Waals surface area contributed by atoms with Crippen molar-refractivity contribution >= 4 is 40.9 Å². The summed E-state index contributed by atoms with van der Waals surface area (Å²) in [7, 11) is 0. The summed E-state index contributed by atoms with van der Waals surface area (Å²) < 4.78 is 30.2. The predicted molar refractivity (Wildman–Crippen MR) is 334 cm³/mol. The number of aromatic amines is 1. The van der Waals surface area contributed by atoms with E-state index in [9.17, 15) is 24.0 Å². The Bertz CT molecular complexity index is 3280. The number of allylic oxidation sites excluding steroid dienone is 2. The second kappa shape index (κ2) is 29.7. The fraction of sp³-hybridized carbons (Fsp3) is 0.486. The van der Waals surface area contributed by atoms with Gasteiger partial charge in [0.15, 0.2) is 11.6 Å². The number of aromatic nitrogens is 1. The van der Waals surface area contributed by atoms with Crippen molar-refractivity contribution < 1.29 is 42.9 Å². The van der Waals surface area contributed by atoms with Gasteiger partial charge in [0.1, 0.15) is 17.5 Å². The third kappa shape index (κ3) is 15.4. The van der Waals surface area contributed by atoms with Crippen molar-refractivity contribution in [3.8, 4) is 22.6 Å². The van der Waals surface area contributed by atoms with Gasteiger partial charge in [0.2, 0.25) is 5.91 Å². The van der Waals surface area contributed by atoms with Crippen molar-refractivity contribution in [3.05, 3.63) is 151 Å². The zero-order valence-corrected chi connectivity index (χ0v) is 51.1. The van der Waals surface area contributed by atoms with Crippen LogP contribution in [0, 0.1) is 26.7 Å². The van der Waals surface area contributed by atoms with Crippen LogP contribution in [0.3, 0.4) is 0 Å². The molecule has 1 aromatic heterocycles. The second-order valence-corrected chi connectivity index (χ2v) is 23.5. The Hall–Kier alpha value is -7.20. The predicted octanol–water partition coefficient (Wildman–Crippen LogP) is 11.8. The number of carbonyl (C=O) groups excluding carboxylic acids is 4. The third-order valence-corrected chi connectivity index (χ3v) is 17.3. The van der Waals surface area contributed by atoms with Crippen molar-refractivity contribution in [3.63, 3.8) is 0 Å². The van der Waals surface area contributed by atoms with E-state index in [4.69, 9.17) is 23.7 Å². The number of ether oxygens (including phenoxy) is 5. The number of carbonyl (C=O) groups is 4. The quantitative estimate of drug-likeness (QED) is 0.0343. The van der Waals surface area contributed by atoms with E-state index in [0.29, 0.717) is 101 Å². The Morgan fingerprint density at radius 2 is 1.48 bits per heavy atom. The number of Topliss-reactive ketones (excluding diaryl/α,β-unsaturated/α-hetero) is 2. The number of aliphatic imine (C=N–C) groups is 1. The second-order valence-electron chi connectivity index (χ2n) is 23.5. The fourth-order valence-corrected chi connectivity index (χ4v) is 12.7. The number of hydrogen-bond donors (Lipinski definition) is 1. The van der Waals surface area contributed by atoms with E-state index in [1.807, 2.05) is 108 Å². The zero-order chi connectivity index (χ0) is 60.0. The highest BCUT2D eigenvalue weighted by molar-refractivity contribution is 6.02. The number of aryl methyl sites for hydroxylation is 3. The number of nitrogens with zero attached hydrogens (tertiary/aromatic N) is 4. The molecule has 2 amide bonds. The molecular formula is C70H87N5O10. The van der Waals surface area contributed by atoms with Gasteiger partial charge >= 0.3 is 0 Å². The number of amides is 2. The SMILES string of the molecule is CCN(c1cc(-c2ccc(OCCCOCCCOCCCOc3cc(C4=C(C)N=CC4)ccc3CCC(=O)C3CCCN3C(=O)[C@H](C(C)C)N3Cc4ccccc4C3=O)cc2)cc(C(=O)CCc2c(C)cc(C)[nH]c2=O)c1C)C1CCOCC1. The highest BCUT2D eigenvalue weighted by atomic mass is 16.5. The first-order chi connectivity index (χ1) is 41.2. The molecule has 2 fully saturated rings. The van der Waals surface area contributed by atoms with Crippen LogP contribution in [0.25, 0.3) is 16.7 Å². The van der Waals surface area contributed by atoms with Gasteiger partial charge in [0.05, 0.1) is 19.3 Å². The lowest BCUT2D eigenvalue weighted by Gasteiger charge is -2.37. The Morgan fingerprint density at radius 3 is 2.16 bits per heavy atom. The highest BCUT2D eigenvalue weighted by Crippen LogP contribution is 2.37. The summed E-state index contributed by atoms with van der Waals surface area (Å²) in [6.07, 6.45) is 9.44. The molecule has 15 nitrogen and oxygen atoms in total. The van der Waals surface area contributed by atoms with Gasteiger partial charge in [-0.05, 0) is 172 Å². The minimum absolute atomic E-state index is 0.0197. The maximum Gasteiger partial charge on any atom is 0.255 e. The summed E-state index contributed by atoms with van der Waals surface area (Å²) in [6, 6.07) is 27.1. The van der Waals surface area contributed by atoms with Crippen molar-refractivity contribution in [1.29, 1.82) is 0 Å². The summed E-state index contributed by atoms with van der Waals surface area (Å²) in [5, 5.41) is 0. The number of hydrogen-bond acceptors (Lipinski definition) is 12. The minimum atomic E-state index is -0.646. The van der Waals surface area contributed by atoms with Crippen LogP contribution in [-0.2, 0) is 43.2 Å². The number of pyridine rings is 1. The van der Waals surface area contributed by atoms with Gasteiger partial charge in [-0.1, -0.05) is 56.3 Å². The van der Waals surface area contributed by atoms with Crippen LogP contribution in [0.4, 0.5) is 5.69 Å². The zero-order valence-electron chi connectivity index (χ0n) is 51.1. The number of anilines is 1. The summed E-state index contributed by atoms with van der Waals surface area (Å²) in [5.74, 6) is 1.16.